The third-order valence-corrected chi connectivity index (χ3v) is 3.64. The van der Waals surface area contributed by atoms with Crippen LogP contribution in [0.3, 0.4) is 0 Å². The number of nitrogens with zero attached hydrogens (tertiary/aromatic N) is 3. The van der Waals surface area contributed by atoms with E-state index in [0.717, 1.165) is 25.2 Å². The van der Waals surface area contributed by atoms with Crippen LogP contribution in [-0.2, 0) is 0 Å². The highest BCUT2D eigenvalue weighted by atomic mass is 16.2. The second kappa shape index (κ2) is 5.32. The summed E-state index contributed by atoms with van der Waals surface area (Å²) in [6.45, 7) is 1.47. The number of piperidine rings is 1. The molecule has 1 atom stereocenters. The van der Waals surface area contributed by atoms with Crippen molar-refractivity contribution in [3.63, 3.8) is 0 Å². The van der Waals surface area contributed by atoms with E-state index in [1.165, 1.54) is 0 Å². The highest BCUT2D eigenvalue weighted by molar-refractivity contribution is 5.94. The number of anilines is 1. The van der Waals surface area contributed by atoms with Gasteiger partial charge in [0.1, 0.15) is 11.6 Å². The summed E-state index contributed by atoms with van der Waals surface area (Å²) in [4.78, 5) is 25.7. The van der Waals surface area contributed by atoms with E-state index in [1.807, 2.05) is 11.1 Å². The molecule has 3 heterocycles. The van der Waals surface area contributed by atoms with Gasteiger partial charge in [-0.1, -0.05) is 0 Å². The van der Waals surface area contributed by atoms with Gasteiger partial charge in [-0.05, 0) is 25.0 Å². The first kappa shape index (κ1) is 12.7. The van der Waals surface area contributed by atoms with Crippen molar-refractivity contribution in [3.05, 3.63) is 42.1 Å². The number of hydrogen-bond donors (Lipinski definition) is 2. The zero-order chi connectivity index (χ0) is 13.9. The van der Waals surface area contributed by atoms with Crippen LogP contribution in [0.15, 0.2) is 30.7 Å². The topological polar surface area (TPSA) is 87.9 Å². The van der Waals surface area contributed by atoms with Gasteiger partial charge < -0.3 is 15.6 Å². The molecule has 6 nitrogen and oxygen atoms in total. The lowest BCUT2D eigenvalue weighted by Gasteiger charge is -2.32. The van der Waals surface area contributed by atoms with Gasteiger partial charge in [-0.3, -0.25) is 4.79 Å². The van der Waals surface area contributed by atoms with E-state index in [1.54, 1.807) is 24.5 Å². The maximum atomic E-state index is 12.5. The Bertz CT molecular complexity index is 595. The first-order valence-corrected chi connectivity index (χ1v) is 6.74. The molecule has 0 bridgehead atoms. The van der Waals surface area contributed by atoms with Crippen LogP contribution in [0.25, 0.3) is 0 Å². The number of aromatic amines is 1. The summed E-state index contributed by atoms with van der Waals surface area (Å²) in [5, 5.41) is 0. The van der Waals surface area contributed by atoms with Crippen molar-refractivity contribution >= 4 is 11.7 Å². The molecule has 0 aliphatic carbocycles. The predicted molar refractivity (Wildman–Crippen MR) is 75.1 cm³/mol. The summed E-state index contributed by atoms with van der Waals surface area (Å²) < 4.78 is 0. The third-order valence-electron chi connectivity index (χ3n) is 3.64. The number of pyridine rings is 1. The van der Waals surface area contributed by atoms with E-state index >= 15 is 0 Å². The van der Waals surface area contributed by atoms with Crippen LogP contribution in [0, 0.1) is 0 Å². The molecule has 3 N–H and O–H groups in total. The van der Waals surface area contributed by atoms with Gasteiger partial charge in [-0.15, -0.1) is 0 Å². The number of carbonyl (C=O) groups excluding carboxylic acids is 1. The van der Waals surface area contributed by atoms with Crippen LogP contribution in [-0.4, -0.2) is 38.8 Å². The van der Waals surface area contributed by atoms with E-state index in [2.05, 4.69) is 15.0 Å². The molecular weight excluding hydrogens is 254 g/mol. The van der Waals surface area contributed by atoms with Gasteiger partial charge in [0.2, 0.25) is 0 Å². The number of hydrogen-bond acceptors (Lipinski definition) is 4. The largest absolute Gasteiger partial charge is 0.384 e. The summed E-state index contributed by atoms with van der Waals surface area (Å²) in [7, 11) is 0. The smallest absolute Gasteiger partial charge is 0.254 e. The van der Waals surface area contributed by atoms with Crippen molar-refractivity contribution in [3.8, 4) is 0 Å². The second-order valence-corrected chi connectivity index (χ2v) is 5.03. The molecule has 20 heavy (non-hydrogen) atoms. The van der Waals surface area contributed by atoms with Crippen LogP contribution >= 0.6 is 0 Å². The Morgan fingerprint density at radius 2 is 2.30 bits per heavy atom. The van der Waals surface area contributed by atoms with Crippen molar-refractivity contribution in [1.29, 1.82) is 0 Å². The molecule has 0 saturated carbocycles. The second-order valence-electron chi connectivity index (χ2n) is 5.03. The summed E-state index contributed by atoms with van der Waals surface area (Å²) in [6, 6.07) is 3.33. The lowest BCUT2D eigenvalue weighted by atomic mass is 9.97. The summed E-state index contributed by atoms with van der Waals surface area (Å²) in [6.07, 6.45) is 7.17. The molecule has 1 amide bonds. The minimum atomic E-state index is 0.00959. The number of carbonyl (C=O) groups is 1. The number of aromatic nitrogens is 3. The number of nitrogen functional groups attached to an aromatic ring is 1. The average molecular weight is 271 g/mol. The molecule has 2 aromatic rings. The van der Waals surface area contributed by atoms with Gasteiger partial charge in [-0.2, -0.15) is 0 Å². The normalized spacial score (nSPS) is 19.0. The van der Waals surface area contributed by atoms with E-state index < -0.39 is 0 Å². The van der Waals surface area contributed by atoms with Gasteiger partial charge in [-0.25, -0.2) is 9.97 Å². The minimum absolute atomic E-state index is 0.00959. The Kier molecular flexibility index (Phi) is 3.37. The fraction of sp³-hybridized carbons (Fsp3) is 0.357. The number of rotatable bonds is 2. The molecule has 1 aliphatic heterocycles. The van der Waals surface area contributed by atoms with Gasteiger partial charge in [0.05, 0.1) is 0 Å². The van der Waals surface area contributed by atoms with E-state index in [4.69, 9.17) is 5.73 Å². The Morgan fingerprint density at radius 3 is 3.05 bits per heavy atom. The van der Waals surface area contributed by atoms with Crippen molar-refractivity contribution in [2.45, 2.75) is 18.8 Å². The number of nitrogens with two attached hydrogens (primary N) is 1. The van der Waals surface area contributed by atoms with Crippen LogP contribution in [0.2, 0.25) is 0 Å². The van der Waals surface area contributed by atoms with Gasteiger partial charge >= 0.3 is 0 Å². The quantitative estimate of drug-likeness (QED) is 0.864. The van der Waals surface area contributed by atoms with Crippen molar-refractivity contribution in [2.24, 2.45) is 0 Å². The molecule has 1 aliphatic rings. The Hall–Kier alpha value is -2.37. The average Bonchev–Trinajstić information content (AvgIpc) is 3.01. The SMILES string of the molecule is Nc1cc(C(=O)N2CCCC(c3ncc[nH]3)C2)ccn1. The fourth-order valence-corrected chi connectivity index (χ4v) is 2.65. The maximum Gasteiger partial charge on any atom is 0.254 e. The maximum absolute atomic E-state index is 12.5. The minimum Gasteiger partial charge on any atom is -0.384 e. The summed E-state index contributed by atoms with van der Waals surface area (Å²) >= 11 is 0. The lowest BCUT2D eigenvalue weighted by Crippen LogP contribution is -2.39. The highest BCUT2D eigenvalue weighted by Crippen LogP contribution is 2.25. The number of likely N-dealkylation sites (tertiary alicyclic amines) is 1. The summed E-state index contributed by atoms with van der Waals surface area (Å²) in [5.41, 5.74) is 6.23. The highest BCUT2D eigenvalue weighted by Gasteiger charge is 2.26. The summed E-state index contributed by atoms with van der Waals surface area (Å²) in [5.74, 6) is 1.62. The molecule has 0 aromatic carbocycles. The number of H-pyrrole nitrogens is 1. The molecule has 0 spiro atoms. The number of amides is 1. The zero-order valence-corrected chi connectivity index (χ0v) is 11.1. The van der Waals surface area contributed by atoms with Crippen LogP contribution in [0.5, 0.6) is 0 Å². The van der Waals surface area contributed by atoms with Crippen LogP contribution in [0.4, 0.5) is 5.82 Å². The molecule has 1 saturated heterocycles. The van der Waals surface area contributed by atoms with Gasteiger partial charge in [0.25, 0.3) is 5.91 Å². The first-order valence-electron chi connectivity index (χ1n) is 6.74. The zero-order valence-electron chi connectivity index (χ0n) is 11.1. The van der Waals surface area contributed by atoms with Gasteiger partial charge in [0.15, 0.2) is 0 Å². The Morgan fingerprint density at radius 1 is 1.40 bits per heavy atom. The van der Waals surface area contributed by atoms with Crippen LogP contribution < -0.4 is 5.73 Å². The Balaban J connectivity index is 1.75. The predicted octanol–water partition coefficient (Wildman–Crippen LogP) is 1.41. The molecule has 1 unspecified atom stereocenters. The molecule has 0 radical (unpaired) electrons. The van der Waals surface area contributed by atoms with Crippen molar-refractivity contribution in [2.75, 3.05) is 18.8 Å². The molecule has 104 valence electrons. The standard InChI is InChI=1S/C14H17N5O/c15-12-8-10(3-4-16-12)14(20)19-7-1-2-11(9-19)13-17-5-6-18-13/h3-6,8,11H,1-2,7,9H2,(H2,15,16)(H,17,18). The van der Waals surface area contributed by atoms with Gasteiger partial charge in [0, 0.05) is 43.2 Å². The number of imidazole rings is 1. The lowest BCUT2D eigenvalue weighted by molar-refractivity contribution is 0.0704. The number of nitrogens with one attached hydrogen (secondary N) is 1. The molecule has 3 rings (SSSR count). The van der Waals surface area contributed by atoms with E-state index in [9.17, 15) is 4.79 Å². The van der Waals surface area contributed by atoms with Crippen LogP contribution in [0.1, 0.15) is 34.9 Å². The molecule has 1 fully saturated rings. The van der Waals surface area contributed by atoms with E-state index in [0.29, 0.717) is 17.9 Å². The monoisotopic (exact) mass is 271 g/mol. The molecular formula is C14H17N5O. The first-order chi connectivity index (χ1) is 9.74. The van der Waals surface area contributed by atoms with Crippen molar-refractivity contribution in [1.82, 2.24) is 19.9 Å². The van der Waals surface area contributed by atoms with Crippen molar-refractivity contribution < 1.29 is 4.79 Å². The molecule has 2 aromatic heterocycles. The Labute approximate surface area is 117 Å². The fourth-order valence-electron chi connectivity index (χ4n) is 2.65. The third kappa shape index (κ3) is 2.49. The van der Waals surface area contributed by atoms with E-state index in [-0.39, 0.29) is 11.8 Å². The molecule has 6 heteroatoms.